The maximum Gasteiger partial charge on any atom is 0.280 e. The molecule has 0 aromatic heterocycles. The molecule has 0 saturated heterocycles. The molecule has 0 radical (unpaired) electrons. The zero-order valence-electron chi connectivity index (χ0n) is 112. The van der Waals surface area contributed by atoms with Crippen LogP contribution in [-0.4, -0.2) is 16.4 Å². The zero-order chi connectivity index (χ0) is 126. The Kier molecular flexibility index (Phi) is 17.0. The average Bonchev–Trinajstić information content (AvgIpc) is 1.60. The summed E-state index contributed by atoms with van der Waals surface area (Å²) in [7, 11) is -5.08. The van der Waals surface area contributed by atoms with Gasteiger partial charge in [0.2, 0.25) is 0 Å². The van der Waals surface area contributed by atoms with Gasteiger partial charge in [-0.3, -0.25) is 0 Å². The lowest BCUT2D eigenvalue weighted by molar-refractivity contribution is 0.111. The molecule has 18 aromatic rings. The van der Waals surface area contributed by atoms with Crippen molar-refractivity contribution in [2.45, 2.75) is 188 Å². The van der Waals surface area contributed by atoms with Gasteiger partial charge in [-0.05, 0) is 313 Å². The summed E-state index contributed by atoms with van der Waals surface area (Å²) >= 11 is 1.59. The molecule has 6 aliphatic heterocycles. The summed E-state index contributed by atoms with van der Waals surface area (Å²) in [5.41, 5.74) is 3.74. The van der Waals surface area contributed by atoms with Crippen molar-refractivity contribution < 1.29 is 77.3 Å². The second kappa shape index (κ2) is 36.7. The molecule has 11 heteroatoms. The van der Waals surface area contributed by atoms with E-state index in [1.54, 1.807) is 133 Å². The molecular weight excluding hydrogens is 1840 g/mol. The second-order valence-corrected chi connectivity index (χ2v) is 49.7. The van der Waals surface area contributed by atoms with Gasteiger partial charge >= 0.3 is 0 Å². The Morgan fingerprint density at radius 1 is 0.253 bits per heavy atom. The van der Waals surface area contributed by atoms with Crippen molar-refractivity contribution >= 4 is 43.7 Å². The van der Waals surface area contributed by atoms with E-state index in [-0.39, 0.29) is 157 Å². The number of benzene rings is 18. The number of para-hydroxylation sites is 10. The van der Waals surface area contributed by atoms with Crippen molar-refractivity contribution in [2.75, 3.05) is 0 Å². The van der Waals surface area contributed by atoms with E-state index in [2.05, 4.69) is 59.0 Å². The molecule has 0 saturated carbocycles. The van der Waals surface area contributed by atoms with Crippen LogP contribution < -0.4 is 53.1 Å². The second-order valence-electron chi connectivity index (χ2n) is 40.6. The molecule has 6 heterocycles. The monoisotopic (exact) mass is 1990 g/mol. The first-order valence-electron chi connectivity index (χ1n) is 63.2. The first-order chi connectivity index (χ1) is 81.7. The number of aryl methyl sites for hydroxylation is 4. The van der Waals surface area contributed by atoms with Gasteiger partial charge in [0.1, 0.15) is 65.3 Å². The molecule has 24 rings (SSSR count). The largest absolute Gasteiger partial charge is 0.537 e. The highest BCUT2D eigenvalue weighted by Crippen LogP contribution is 2.60. The highest BCUT2D eigenvalue weighted by molar-refractivity contribution is 7.99. The van der Waals surface area contributed by atoms with Crippen LogP contribution in [-0.2, 0) is 28.4 Å². The van der Waals surface area contributed by atoms with Crippen LogP contribution >= 0.6 is 11.8 Å². The molecule has 0 unspecified atom stereocenters. The van der Waals surface area contributed by atoms with Gasteiger partial charge in [0, 0.05) is 116 Å². The topological polar surface area (TPSA) is 73.8 Å². The van der Waals surface area contributed by atoms with E-state index in [9.17, 15) is 0 Å². The normalized spacial score (nSPS) is 18.8. The van der Waals surface area contributed by atoms with Crippen molar-refractivity contribution in [3.05, 3.63) is 429 Å². The summed E-state index contributed by atoms with van der Waals surface area (Å²) < 4.78 is 311. The third-order valence-corrected chi connectivity index (χ3v) is 36.6. The first-order valence-corrected chi connectivity index (χ1v) is 55.5. The number of fused-ring (bicyclic) bond motifs is 12. The van der Waals surface area contributed by atoms with Crippen molar-refractivity contribution in [2.24, 2.45) is 0 Å². The van der Waals surface area contributed by atoms with Gasteiger partial charge in [-0.25, -0.2) is 0 Å². The summed E-state index contributed by atoms with van der Waals surface area (Å²) in [6.45, 7) is 0.0682. The van der Waals surface area contributed by atoms with Gasteiger partial charge in [0.25, 0.3) is 8.32 Å². The maximum atomic E-state index is 9.14. The van der Waals surface area contributed by atoms with Gasteiger partial charge in [-0.15, -0.1) is 0 Å². The van der Waals surface area contributed by atoms with Gasteiger partial charge in [0.05, 0.1) is 0 Å². The van der Waals surface area contributed by atoms with Gasteiger partial charge in [0.15, 0.2) is 28.7 Å². The molecule has 146 heavy (non-hydrogen) atoms. The Morgan fingerprint density at radius 2 is 0.582 bits per heavy atom. The van der Waals surface area contributed by atoms with Crippen molar-refractivity contribution in [3.8, 4) is 175 Å². The fourth-order valence-electron chi connectivity index (χ4n) is 21.8. The standard InChI is InChI=1S/C46H44O3Si.C45H40O3.C44H40O2SSi/c1-9-31-25-27-33(30(4)43(31)35-17-15-23-41-45(35)48-38-20-12-13-22-40(38)50(41,7)8)32-26-24-28(2)42(29(32)3)34-16-14-21-39-44(34)47-37-19-11-10-18-36(37)46(5,6)49-39;1-27-25-26-32(29(3)41(27)34-18-14-24-40-43(34)47-39-23-11-9-20-36(39)45(6,7)48-40)30-15-12-16-31(28(30)2)33-17-13-21-37-42(33)46-38-22-10-8-19-35(38)44(37,4)5;1-27-25-26-32(29(3)41(27)34-18-14-22-38-42(34)45-37-21-9-11-24-40(37)48(6,7)46-38)30-15-12-16-31(28(30)2)33-17-13-20-36-43(33)47-39-23-10-8-19-35(39)44(36,4)5/h10-27H,9H2,1-8H3;2*8-26H,1-7H3/i2D3,3D3,4D3,9D2;2*1D3,2D3,3D3. The molecule has 0 spiro atoms. The van der Waals surface area contributed by atoms with Crippen LogP contribution in [0, 0.1) is 61.7 Å². The number of hydrogen-bond acceptors (Lipinski definition) is 9. The maximum absolute atomic E-state index is 9.14. The Morgan fingerprint density at radius 3 is 1.10 bits per heavy atom. The number of rotatable bonds is 10. The van der Waals surface area contributed by atoms with Crippen LogP contribution in [0.4, 0.5) is 0 Å². The zero-order valence-corrected chi connectivity index (χ0v) is 85.8. The molecule has 8 nitrogen and oxygen atoms in total. The van der Waals surface area contributed by atoms with Gasteiger partial charge in [-0.1, -0.05) is 345 Å². The number of hydrogen-bond donors (Lipinski definition) is 0. The summed E-state index contributed by atoms with van der Waals surface area (Å²) in [5, 5.41) is 2.83. The SMILES string of the molecule is [2H]C([2H])([2H])c1ccc(-c2ccc(C([2H])([2H])C)c(-c3cccc4c3Oc3ccccc3[Si]4(C)C)c2C([2H])([2H])[2H])c(C([2H])([2H])[2H])c1-c1cccc2c1Oc1ccccc1C(C)(C)O2.[2H]C([2H])([2H])c1ccc(-c2cccc(-c3cccc4c3Oc3ccccc3C4(C)C)c2C([2H])([2H])[2H])c(C([2H])([2H])[2H])c1-c1cccc2c1Oc1ccccc1C(C)(C)O2.[2H]C([2H])([2H])c1ccc(-c2cccc(-c3cccc4c3Sc3ccccc3C4(C)C)c2C([2H])([2H])[2H])c(C([2H])([2H])[2H])c1-c1cccc2c1Oc1ccccc1[Si](C)(C)O2. The highest BCUT2D eigenvalue weighted by Gasteiger charge is 2.44. The van der Waals surface area contributed by atoms with Crippen LogP contribution in [0.25, 0.3) is 100 Å². The fourth-order valence-corrected chi connectivity index (χ4v) is 28.2. The Labute approximate surface area is 908 Å². The fraction of sp³-hybridized carbons (Fsp3) is 0.200. The smallest absolute Gasteiger partial charge is 0.280 e. The van der Waals surface area contributed by atoms with E-state index in [0.717, 1.165) is 47.6 Å². The minimum Gasteiger partial charge on any atom is -0.537 e. The molecule has 0 fully saturated rings. The van der Waals surface area contributed by atoms with Crippen molar-refractivity contribution in [1.29, 1.82) is 0 Å². The average molecular weight is 1990 g/mol. The molecule has 18 aromatic carbocycles. The van der Waals surface area contributed by atoms with E-state index in [1.807, 2.05) is 192 Å². The lowest BCUT2D eigenvalue weighted by atomic mass is 9.74. The lowest BCUT2D eigenvalue weighted by Crippen LogP contribution is -2.56. The third kappa shape index (κ3) is 16.2. The summed E-state index contributed by atoms with van der Waals surface area (Å²) in [6.07, 6.45) is -2.08. The third-order valence-electron chi connectivity index (χ3n) is 29.4. The quantitative estimate of drug-likeness (QED) is 0.125. The molecular formula is C135H124O8SSi2. The minimum atomic E-state index is -3.03. The molecule has 0 amide bonds. The van der Waals surface area contributed by atoms with E-state index in [1.165, 1.54) is 61.0 Å². The summed E-state index contributed by atoms with van der Waals surface area (Å²) in [6, 6.07) is 99.0. The van der Waals surface area contributed by atoms with Gasteiger partial charge < -0.3 is 37.6 Å². The van der Waals surface area contributed by atoms with E-state index >= 15 is 0 Å². The van der Waals surface area contributed by atoms with E-state index < -0.39 is 107 Å². The highest BCUT2D eigenvalue weighted by atomic mass is 32.2. The molecule has 726 valence electrons. The predicted octanol–water partition coefficient (Wildman–Crippen LogP) is 36.0. The van der Waals surface area contributed by atoms with Crippen molar-refractivity contribution in [1.82, 2.24) is 0 Å². The van der Waals surface area contributed by atoms with E-state index in [0.29, 0.717) is 79.4 Å². The van der Waals surface area contributed by atoms with Crippen LogP contribution in [0.1, 0.15) is 191 Å². The summed E-state index contributed by atoms with van der Waals surface area (Å²) in [4.78, 5) is 2.00. The van der Waals surface area contributed by atoms with E-state index in [4.69, 9.17) is 77.3 Å². The Bertz CT molecular complexity index is 9290. The van der Waals surface area contributed by atoms with Gasteiger partial charge in [-0.2, -0.15) is 0 Å². The molecule has 0 atom stereocenters. The minimum absolute atomic E-state index is 0.0246. The first kappa shape index (κ1) is 67.7. The molecule has 0 N–H and O–H groups in total. The number of ether oxygens (including phenoxy) is 7. The van der Waals surface area contributed by atoms with Crippen LogP contribution in [0.3, 0.4) is 0 Å². The molecule has 6 aliphatic rings. The van der Waals surface area contributed by atoms with Crippen LogP contribution in [0.2, 0.25) is 26.2 Å². The molecule has 0 bridgehead atoms. The predicted molar refractivity (Wildman–Crippen MR) is 609 cm³/mol. The Hall–Kier alpha value is -14.9. The Balaban J connectivity index is 0.000000143. The molecule has 0 aliphatic carbocycles. The summed E-state index contributed by atoms with van der Waals surface area (Å²) in [5.74, 6) is 4.96. The van der Waals surface area contributed by atoms with Crippen LogP contribution in [0.5, 0.6) is 74.7 Å². The lowest BCUT2D eigenvalue weighted by Gasteiger charge is -2.35. The van der Waals surface area contributed by atoms with Crippen molar-refractivity contribution in [3.63, 3.8) is 0 Å². The van der Waals surface area contributed by atoms with Crippen LogP contribution in [0.15, 0.2) is 350 Å².